The quantitative estimate of drug-likeness (QED) is 0.661. The number of benzene rings is 1. The number of hydrogen-bond acceptors (Lipinski definition) is 4. The summed E-state index contributed by atoms with van der Waals surface area (Å²) in [6, 6.07) is 5.98. The van der Waals surface area contributed by atoms with Crippen molar-refractivity contribution in [3.63, 3.8) is 0 Å². The van der Waals surface area contributed by atoms with Crippen LogP contribution in [0.5, 0.6) is 0 Å². The maximum absolute atomic E-state index is 11.5. The van der Waals surface area contributed by atoms with E-state index < -0.39 is 5.97 Å². The average molecular weight is 357 g/mol. The normalized spacial score (nSPS) is 10.4. The van der Waals surface area contributed by atoms with E-state index in [1.165, 1.54) is 13.4 Å². The molecule has 94 valence electrons. The highest BCUT2D eigenvalue weighted by Gasteiger charge is 2.17. The number of nitrogens with two attached hydrogens (primary N) is 1. The van der Waals surface area contributed by atoms with E-state index >= 15 is 0 Å². The molecular weight excluding hydrogens is 345 g/mol. The molecule has 1 aromatic carbocycles. The summed E-state index contributed by atoms with van der Waals surface area (Å²) in [4.78, 5) is 15.4. The van der Waals surface area contributed by atoms with Gasteiger partial charge in [-0.3, -0.25) is 4.57 Å². The molecule has 0 saturated heterocycles. The fraction of sp³-hybridized carbons (Fsp3) is 0.167. The number of nitrogen functional groups attached to an aromatic ring is 1. The minimum atomic E-state index is -0.533. The number of carbonyl (C=O) groups excluding carboxylic acids is 1. The topological polar surface area (TPSA) is 70.1 Å². The first-order valence-electron chi connectivity index (χ1n) is 5.22. The summed E-state index contributed by atoms with van der Waals surface area (Å²) in [7, 11) is 1.30. The van der Waals surface area contributed by atoms with E-state index in [2.05, 4.69) is 32.3 Å². The Hall–Kier alpha value is -1.57. The van der Waals surface area contributed by atoms with Crippen LogP contribution < -0.4 is 5.73 Å². The summed E-state index contributed by atoms with van der Waals surface area (Å²) in [5.41, 5.74) is 8.02. The lowest BCUT2D eigenvalue weighted by Gasteiger charge is -2.09. The SMILES string of the molecule is COC(=O)c1ncn(-c2cc(I)ccc2C)c1N. The number of nitrogens with zero attached hydrogens (tertiary/aromatic N) is 2. The molecule has 0 bridgehead atoms. The Morgan fingerprint density at radius 1 is 1.50 bits per heavy atom. The van der Waals surface area contributed by atoms with Crippen molar-refractivity contribution in [3.8, 4) is 5.69 Å². The number of anilines is 1. The van der Waals surface area contributed by atoms with Gasteiger partial charge in [0, 0.05) is 3.57 Å². The van der Waals surface area contributed by atoms with E-state index in [0.29, 0.717) is 0 Å². The molecule has 6 heteroatoms. The van der Waals surface area contributed by atoms with Gasteiger partial charge in [-0.05, 0) is 47.2 Å². The molecule has 18 heavy (non-hydrogen) atoms. The van der Waals surface area contributed by atoms with Gasteiger partial charge in [-0.25, -0.2) is 9.78 Å². The Morgan fingerprint density at radius 2 is 2.22 bits per heavy atom. The summed E-state index contributed by atoms with van der Waals surface area (Å²) in [6.45, 7) is 1.97. The maximum atomic E-state index is 11.5. The van der Waals surface area contributed by atoms with Crippen molar-refractivity contribution < 1.29 is 9.53 Å². The lowest BCUT2D eigenvalue weighted by atomic mass is 10.2. The number of rotatable bonds is 2. The Bertz CT molecular complexity index is 607. The van der Waals surface area contributed by atoms with Gasteiger partial charge in [0.15, 0.2) is 5.69 Å². The van der Waals surface area contributed by atoms with E-state index in [0.717, 1.165) is 14.8 Å². The van der Waals surface area contributed by atoms with Crippen LogP contribution in [0.3, 0.4) is 0 Å². The average Bonchev–Trinajstić information content (AvgIpc) is 2.73. The number of imidazole rings is 1. The molecule has 2 N–H and O–H groups in total. The summed E-state index contributed by atoms with van der Waals surface area (Å²) in [6.07, 6.45) is 1.53. The number of esters is 1. The molecule has 1 aromatic heterocycles. The van der Waals surface area contributed by atoms with Gasteiger partial charge in [-0.15, -0.1) is 0 Å². The highest BCUT2D eigenvalue weighted by molar-refractivity contribution is 14.1. The van der Waals surface area contributed by atoms with Crippen LogP contribution in [0.2, 0.25) is 0 Å². The van der Waals surface area contributed by atoms with Crippen molar-refractivity contribution in [2.45, 2.75) is 6.92 Å². The first kappa shape index (κ1) is 12.9. The molecule has 0 fully saturated rings. The van der Waals surface area contributed by atoms with Crippen LogP contribution >= 0.6 is 22.6 Å². The minimum Gasteiger partial charge on any atom is -0.464 e. The van der Waals surface area contributed by atoms with Crippen LogP contribution in [0.25, 0.3) is 5.69 Å². The number of hydrogen-bond donors (Lipinski definition) is 1. The van der Waals surface area contributed by atoms with Gasteiger partial charge in [0.25, 0.3) is 0 Å². The van der Waals surface area contributed by atoms with E-state index in [4.69, 9.17) is 5.73 Å². The molecule has 2 rings (SSSR count). The van der Waals surface area contributed by atoms with Gasteiger partial charge in [-0.1, -0.05) is 6.07 Å². The molecule has 0 spiro atoms. The molecule has 0 aliphatic carbocycles. The van der Waals surface area contributed by atoms with Gasteiger partial charge < -0.3 is 10.5 Å². The lowest BCUT2D eigenvalue weighted by molar-refractivity contribution is 0.0596. The summed E-state index contributed by atoms with van der Waals surface area (Å²) in [5, 5.41) is 0. The second kappa shape index (κ2) is 4.97. The highest BCUT2D eigenvalue weighted by Crippen LogP contribution is 2.22. The maximum Gasteiger partial charge on any atom is 0.360 e. The zero-order valence-corrected chi connectivity index (χ0v) is 12.1. The zero-order valence-electron chi connectivity index (χ0n) is 9.98. The smallest absolute Gasteiger partial charge is 0.360 e. The fourth-order valence-electron chi connectivity index (χ4n) is 1.65. The third-order valence-electron chi connectivity index (χ3n) is 2.61. The predicted octanol–water partition coefficient (Wildman–Crippen LogP) is 2.15. The van der Waals surface area contributed by atoms with Crippen LogP contribution in [0.1, 0.15) is 16.1 Å². The number of aryl methyl sites for hydroxylation is 1. The van der Waals surface area contributed by atoms with E-state index in [1.807, 2.05) is 25.1 Å². The fourth-order valence-corrected chi connectivity index (χ4v) is 2.12. The Morgan fingerprint density at radius 3 is 2.89 bits per heavy atom. The molecule has 0 amide bonds. The molecular formula is C12H12IN3O2. The Kier molecular flexibility index (Phi) is 3.55. The second-order valence-electron chi connectivity index (χ2n) is 3.77. The predicted molar refractivity (Wildman–Crippen MR) is 76.8 cm³/mol. The number of carbonyl (C=O) groups is 1. The van der Waals surface area contributed by atoms with Gasteiger partial charge in [0.2, 0.25) is 0 Å². The molecule has 0 unspecified atom stereocenters. The first-order valence-corrected chi connectivity index (χ1v) is 6.30. The number of halogens is 1. The summed E-state index contributed by atoms with van der Waals surface area (Å²) in [5.74, 6) is -0.249. The molecule has 0 saturated carbocycles. The van der Waals surface area contributed by atoms with Crippen LogP contribution in [0, 0.1) is 10.5 Å². The number of aromatic nitrogens is 2. The third-order valence-corrected chi connectivity index (χ3v) is 3.28. The first-order chi connectivity index (χ1) is 8.54. The van der Waals surface area contributed by atoms with Crippen molar-refractivity contribution in [1.29, 1.82) is 0 Å². The number of ether oxygens (including phenoxy) is 1. The molecule has 0 aliphatic heterocycles. The summed E-state index contributed by atoms with van der Waals surface area (Å²) < 4.78 is 7.39. The largest absolute Gasteiger partial charge is 0.464 e. The van der Waals surface area contributed by atoms with Gasteiger partial charge in [-0.2, -0.15) is 0 Å². The van der Waals surface area contributed by atoms with Crippen LogP contribution in [0.4, 0.5) is 5.82 Å². The second-order valence-corrected chi connectivity index (χ2v) is 5.02. The van der Waals surface area contributed by atoms with Crippen molar-refractivity contribution in [2.24, 2.45) is 0 Å². The van der Waals surface area contributed by atoms with E-state index in [1.54, 1.807) is 4.57 Å². The summed E-state index contributed by atoms with van der Waals surface area (Å²) >= 11 is 2.22. The Balaban J connectivity index is 2.55. The molecule has 0 aliphatic rings. The number of methoxy groups -OCH3 is 1. The Labute approximate surface area is 118 Å². The van der Waals surface area contributed by atoms with Crippen molar-refractivity contribution >= 4 is 34.4 Å². The van der Waals surface area contributed by atoms with Crippen molar-refractivity contribution in [2.75, 3.05) is 12.8 Å². The van der Waals surface area contributed by atoms with Gasteiger partial charge in [0.05, 0.1) is 12.8 Å². The van der Waals surface area contributed by atoms with E-state index in [-0.39, 0.29) is 11.5 Å². The van der Waals surface area contributed by atoms with Crippen molar-refractivity contribution in [1.82, 2.24) is 9.55 Å². The molecule has 2 aromatic rings. The molecule has 5 nitrogen and oxygen atoms in total. The van der Waals surface area contributed by atoms with Crippen LogP contribution in [0.15, 0.2) is 24.5 Å². The monoisotopic (exact) mass is 357 g/mol. The highest BCUT2D eigenvalue weighted by atomic mass is 127. The zero-order chi connectivity index (χ0) is 13.3. The standard InChI is InChI=1S/C12H12IN3O2/c1-7-3-4-8(13)5-9(7)16-6-15-10(11(16)14)12(17)18-2/h3-6H,14H2,1-2H3. The van der Waals surface area contributed by atoms with Crippen LogP contribution in [-0.2, 0) is 4.74 Å². The van der Waals surface area contributed by atoms with Crippen LogP contribution in [-0.4, -0.2) is 22.6 Å². The van der Waals surface area contributed by atoms with E-state index in [9.17, 15) is 4.79 Å². The molecule has 0 atom stereocenters. The van der Waals surface area contributed by atoms with Crippen molar-refractivity contribution in [3.05, 3.63) is 39.4 Å². The third kappa shape index (κ3) is 2.20. The minimum absolute atomic E-state index is 0.135. The molecule has 1 heterocycles. The molecule has 0 radical (unpaired) electrons. The van der Waals surface area contributed by atoms with Gasteiger partial charge in [0.1, 0.15) is 12.1 Å². The van der Waals surface area contributed by atoms with Gasteiger partial charge >= 0.3 is 5.97 Å². The lowest BCUT2D eigenvalue weighted by Crippen LogP contribution is -2.08.